The number of rotatable bonds is 7. The fourth-order valence-corrected chi connectivity index (χ4v) is 1.92. The van der Waals surface area contributed by atoms with Gasteiger partial charge in [-0.25, -0.2) is 4.79 Å². The molecular weight excluding hydrogens is 324 g/mol. The number of hydrogen-bond donors (Lipinski definition) is 1. The average molecular weight is 343 g/mol. The quantitative estimate of drug-likeness (QED) is 0.469. The van der Waals surface area contributed by atoms with E-state index in [2.05, 4.69) is 15.9 Å². The average Bonchev–Trinajstić information content (AvgIpc) is 2.39. The highest BCUT2D eigenvalue weighted by molar-refractivity contribution is 9.10. The van der Waals surface area contributed by atoms with Crippen molar-refractivity contribution in [2.24, 2.45) is 0 Å². The molecule has 0 aliphatic carbocycles. The van der Waals surface area contributed by atoms with E-state index < -0.39 is 12.1 Å². The van der Waals surface area contributed by atoms with Crippen molar-refractivity contribution in [1.82, 2.24) is 0 Å². The molecule has 0 unspecified atom stereocenters. The molecule has 0 saturated heterocycles. The Kier molecular flexibility index (Phi) is 7.33. The number of esters is 1. The Morgan fingerprint density at radius 3 is 2.40 bits per heavy atom. The van der Waals surface area contributed by atoms with Gasteiger partial charge >= 0.3 is 5.97 Å². The molecule has 1 aromatic carbocycles. The summed E-state index contributed by atoms with van der Waals surface area (Å²) in [7, 11) is 0. The van der Waals surface area contributed by atoms with Crippen molar-refractivity contribution >= 4 is 21.9 Å². The van der Waals surface area contributed by atoms with E-state index in [-0.39, 0.29) is 6.42 Å². The normalized spacial score (nSPS) is 12.9. The molecule has 1 aromatic rings. The van der Waals surface area contributed by atoms with Crippen molar-refractivity contribution in [3.8, 4) is 0 Å². The van der Waals surface area contributed by atoms with Crippen LogP contribution in [0.2, 0.25) is 0 Å². The SMILES string of the molecule is CCOC(=O)/C=C(\C[C@@H](O)c1ccc(Br)cc1)OCC. The summed E-state index contributed by atoms with van der Waals surface area (Å²) in [6, 6.07) is 7.35. The first kappa shape index (κ1) is 16.7. The molecule has 0 heterocycles. The van der Waals surface area contributed by atoms with Crippen LogP contribution in [0.5, 0.6) is 0 Å². The van der Waals surface area contributed by atoms with E-state index in [4.69, 9.17) is 9.47 Å². The molecule has 110 valence electrons. The van der Waals surface area contributed by atoms with Gasteiger partial charge in [0.25, 0.3) is 0 Å². The van der Waals surface area contributed by atoms with Crippen LogP contribution in [-0.4, -0.2) is 24.3 Å². The monoisotopic (exact) mass is 342 g/mol. The first-order valence-corrected chi connectivity index (χ1v) is 7.29. The first-order valence-electron chi connectivity index (χ1n) is 6.50. The fourth-order valence-electron chi connectivity index (χ4n) is 1.65. The summed E-state index contributed by atoms with van der Waals surface area (Å²) >= 11 is 3.34. The maximum Gasteiger partial charge on any atom is 0.334 e. The zero-order valence-corrected chi connectivity index (χ0v) is 13.2. The van der Waals surface area contributed by atoms with Gasteiger partial charge in [-0.3, -0.25) is 0 Å². The zero-order chi connectivity index (χ0) is 15.0. The third-order valence-corrected chi connectivity index (χ3v) is 3.07. The number of halogens is 1. The highest BCUT2D eigenvalue weighted by Gasteiger charge is 2.13. The highest BCUT2D eigenvalue weighted by Crippen LogP contribution is 2.23. The van der Waals surface area contributed by atoms with E-state index in [1.165, 1.54) is 6.08 Å². The number of hydrogen-bond acceptors (Lipinski definition) is 4. The van der Waals surface area contributed by atoms with Gasteiger partial charge < -0.3 is 14.6 Å². The van der Waals surface area contributed by atoms with Crippen LogP contribution >= 0.6 is 15.9 Å². The summed E-state index contributed by atoms with van der Waals surface area (Å²) in [5.74, 6) is -0.0414. The molecule has 0 amide bonds. The third kappa shape index (κ3) is 5.75. The second-order valence-electron chi connectivity index (χ2n) is 4.07. The number of benzene rings is 1. The predicted octanol–water partition coefficient (Wildman–Crippen LogP) is 3.36. The Balaban J connectivity index is 2.74. The van der Waals surface area contributed by atoms with Gasteiger partial charge in [-0.1, -0.05) is 28.1 Å². The van der Waals surface area contributed by atoms with Crippen LogP contribution in [0.4, 0.5) is 0 Å². The van der Waals surface area contributed by atoms with E-state index in [1.54, 1.807) is 6.92 Å². The van der Waals surface area contributed by atoms with Gasteiger partial charge in [0.2, 0.25) is 0 Å². The molecule has 0 spiro atoms. The van der Waals surface area contributed by atoms with Gasteiger partial charge in [0.15, 0.2) is 0 Å². The largest absolute Gasteiger partial charge is 0.498 e. The van der Waals surface area contributed by atoms with Crippen LogP contribution in [0, 0.1) is 0 Å². The molecule has 0 aliphatic rings. The number of aliphatic hydroxyl groups is 1. The van der Waals surface area contributed by atoms with E-state index in [9.17, 15) is 9.90 Å². The summed E-state index contributed by atoms with van der Waals surface area (Å²) < 4.78 is 11.1. The maximum absolute atomic E-state index is 11.4. The predicted molar refractivity (Wildman–Crippen MR) is 80.1 cm³/mol. The van der Waals surface area contributed by atoms with Gasteiger partial charge in [-0.2, -0.15) is 0 Å². The molecule has 0 aliphatic heterocycles. The second kappa shape index (κ2) is 8.76. The van der Waals surface area contributed by atoms with Crippen LogP contribution in [0.1, 0.15) is 31.9 Å². The summed E-state index contributed by atoms with van der Waals surface area (Å²) in [5.41, 5.74) is 0.766. The van der Waals surface area contributed by atoms with Crippen LogP contribution < -0.4 is 0 Å². The summed E-state index contributed by atoms with van der Waals surface area (Å²) in [4.78, 5) is 11.4. The van der Waals surface area contributed by atoms with E-state index in [0.717, 1.165) is 10.0 Å². The molecule has 0 bridgehead atoms. The molecule has 0 aromatic heterocycles. The molecule has 1 rings (SSSR count). The van der Waals surface area contributed by atoms with Crippen LogP contribution in [0.25, 0.3) is 0 Å². The van der Waals surface area contributed by atoms with Crippen molar-refractivity contribution in [3.63, 3.8) is 0 Å². The van der Waals surface area contributed by atoms with Gasteiger partial charge in [0.05, 0.1) is 25.4 Å². The fraction of sp³-hybridized carbons (Fsp3) is 0.400. The molecule has 0 radical (unpaired) electrons. The Morgan fingerprint density at radius 2 is 1.85 bits per heavy atom. The smallest absolute Gasteiger partial charge is 0.334 e. The molecule has 1 atom stereocenters. The van der Waals surface area contributed by atoms with E-state index >= 15 is 0 Å². The second-order valence-corrected chi connectivity index (χ2v) is 4.98. The van der Waals surface area contributed by atoms with Crippen molar-refractivity contribution in [1.29, 1.82) is 0 Å². The molecule has 0 saturated carbocycles. The van der Waals surface area contributed by atoms with Gasteiger partial charge in [0, 0.05) is 10.9 Å². The van der Waals surface area contributed by atoms with E-state index in [0.29, 0.717) is 19.0 Å². The van der Waals surface area contributed by atoms with Crippen LogP contribution in [0.15, 0.2) is 40.6 Å². The summed E-state index contributed by atoms with van der Waals surface area (Å²) in [6.07, 6.45) is 0.791. The van der Waals surface area contributed by atoms with Gasteiger partial charge in [-0.05, 0) is 31.5 Å². The first-order chi connectivity index (χ1) is 9.56. The van der Waals surface area contributed by atoms with Crippen LogP contribution in [-0.2, 0) is 14.3 Å². The Labute approximate surface area is 127 Å². The van der Waals surface area contributed by atoms with Crippen molar-refractivity contribution in [3.05, 3.63) is 46.1 Å². The Bertz CT molecular complexity index is 453. The minimum absolute atomic E-state index is 0.230. The minimum Gasteiger partial charge on any atom is -0.498 e. The number of aliphatic hydroxyl groups excluding tert-OH is 1. The number of carbonyl (C=O) groups excluding carboxylic acids is 1. The minimum atomic E-state index is -0.727. The summed E-state index contributed by atoms with van der Waals surface area (Å²) in [5, 5.41) is 10.2. The van der Waals surface area contributed by atoms with Crippen molar-refractivity contribution in [2.45, 2.75) is 26.4 Å². The lowest BCUT2D eigenvalue weighted by molar-refractivity contribution is -0.137. The lowest BCUT2D eigenvalue weighted by atomic mass is 10.1. The Morgan fingerprint density at radius 1 is 1.25 bits per heavy atom. The third-order valence-electron chi connectivity index (χ3n) is 2.54. The number of carbonyl (C=O) groups is 1. The van der Waals surface area contributed by atoms with Crippen molar-refractivity contribution < 1.29 is 19.4 Å². The summed E-state index contributed by atoms with van der Waals surface area (Å²) in [6.45, 7) is 4.30. The standard InChI is InChI=1S/C15H19BrO4/c1-3-19-13(10-15(18)20-4-2)9-14(17)11-5-7-12(16)8-6-11/h5-8,10,14,17H,3-4,9H2,1-2H3/b13-10+/t14-/m1/s1. The molecule has 1 N–H and O–H groups in total. The topological polar surface area (TPSA) is 55.8 Å². The lowest BCUT2D eigenvalue weighted by Crippen LogP contribution is -2.06. The maximum atomic E-state index is 11.4. The Hall–Kier alpha value is -1.33. The van der Waals surface area contributed by atoms with Gasteiger partial charge in [0.1, 0.15) is 5.76 Å². The molecule has 20 heavy (non-hydrogen) atoms. The number of ether oxygens (including phenoxy) is 2. The van der Waals surface area contributed by atoms with Gasteiger partial charge in [-0.15, -0.1) is 0 Å². The van der Waals surface area contributed by atoms with Crippen molar-refractivity contribution in [2.75, 3.05) is 13.2 Å². The molecule has 0 fully saturated rings. The lowest BCUT2D eigenvalue weighted by Gasteiger charge is -2.14. The molecule has 4 nitrogen and oxygen atoms in total. The zero-order valence-electron chi connectivity index (χ0n) is 11.6. The highest BCUT2D eigenvalue weighted by atomic mass is 79.9. The molecule has 5 heteroatoms. The molecular formula is C15H19BrO4. The van der Waals surface area contributed by atoms with E-state index in [1.807, 2.05) is 31.2 Å². The van der Waals surface area contributed by atoms with Crippen LogP contribution in [0.3, 0.4) is 0 Å².